The molecule has 0 amide bonds. The lowest BCUT2D eigenvalue weighted by atomic mass is 9.87. The van der Waals surface area contributed by atoms with Gasteiger partial charge in [-0.2, -0.15) is 0 Å². The average Bonchev–Trinajstić information content (AvgIpc) is 2.80. The van der Waals surface area contributed by atoms with Crippen LogP contribution in [0.3, 0.4) is 0 Å². The molecule has 106 valence electrons. The molecule has 2 unspecified atom stereocenters. The number of hydrogen-bond acceptors (Lipinski definition) is 2. The molecule has 1 N–H and O–H groups in total. The van der Waals surface area contributed by atoms with E-state index in [1.807, 2.05) is 11.8 Å². The standard InChI is InChI=1S/C17H27NS/c1-4-7-14(11-18-13(2)3)10-15-12-19-17-9-6-5-8-16(15)17/h5-6,8-9,13-15,18H,4,7,10-12H2,1-3H3. The van der Waals surface area contributed by atoms with Crippen LogP contribution in [-0.2, 0) is 0 Å². The van der Waals surface area contributed by atoms with Crippen LogP contribution in [-0.4, -0.2) is 18.3 Å². The summed E-state index contributed by atoms with van der Waals surface area (Å²) >= 11 is 2.04. The van der Waals surface area contributed by atoms with Crippen LogP contribution in [0.25, 0.3) is 0 Å². The van der Waals surface area contributed by atoms with E-state index >= 15 is 0 Å². The Morgan fingerprint density at radius 3 is 2.84 bits per heavy atom. The molecule has 0 spiro atoms. The normalized spacial score (nSPS) is 19.7. The quantitative estimate of drug-likeness (QED) is 0.776. The Balaban J connectivity index is 1.94. The molecule has 1 nitrogen and oxygen atoms in total. The summed E-state index contributed by atoms with van der Waals surface area (Å²) in [6, 6.07) is 9.57. The van der Waals surface area contributed by atoms with Crippen molar-refractivity contribution in [1.82, 2.24) is 5.32 Å². The first kappa shape index (κ1) is 14.9. The molecule has 0 fully saturated rings. The summed E-state index contributed by atoms with van der Waals surface area (Å²) < 4.78 is 0. The molecule has 19 heavy (non-hydrogen) atoms. The summed E-state index contributed by atoms with van der Waals surface area (Å²) in [5.41, 5.74) is 1.60. The summed E-state index contributed by atoms with van der Waals surface area (Å²) in [6.45, 7) is 7.96. The van der Waals surface area contributed by atoms with Crippen molar-refractivity contribution in [2.75, 3.05) is 12.3 Å². The van der Waals surface area contributed by atoms with E-state index < -0.39 is 0 Å². The largest absolute Gasteiger partial charge is 0.314 e. The third-order valence-corrected chi connectivity index (χ3v) is 5.18. The Labute approximate surface area is 122 Å². The van der Waals surface area contributed by atoms with Gasteiger partial charge in [0.15, 0.2) is 0 Å². The molecule has 1 aromatic carbocycles. The van der Waals surface area contributed by atoms with Crippen LogP contribution < -0.4 is 5.32 Å². The minimum absolute atomic E-state index is 0.601. The second-order valence-electron chi connectivity index (χ2n) is 6.00. The van der Waals surface area contributed by atoms with E-state index in [1.165, 1.54) is 36.5 Å². The second kappa shape index (κ2) is 7.35. The molecule has 0 aliphatic carbocycles. The fourth-order valence-corrected chi connectivity index (χ4v) is 4.21. The van der Waals surface area contributed by atoms with E-state index in [-0.39, 0.29) is 0 Å². The average molecular weight is 277 g/mol. The summed E-state index contributed by atoms with van der Waals surface area (Å²) in [7, 11) is 0. The van der Waals surface area contributed by atoms with Gasteiger partial charge in [0.2, 0.25) is 0 Å². The lowest BCUT2D eigenvalue weighted by Gasteiger charge is -2.22. The molecular weight excluding hydrogens is 250 g/mol. The van der Waals surface area contributed by atoms with Gasteiger partial charge >= 0.3 is 0 Å². The minimum atomic E-state index is 0.601. The fourth-order valence-electron chi connectivity index (χ4n) is 2.94. The fraction of sp³-hybridized carbons (Fsp3) is 0.647. The van der Waals surface area contributed by atoms with Crippen LogP contribution in [0.2, 0.25) is 0 Å². The van der Waals surface area contributed by atoms with Crippen molar-refractivity contribution in [2.24, 2.45) is 5.92 Å². The predicted octanol–water partition coefficient (Wildman–Crippen LogP) is 4.68. The van der Waals surface area contributed by atoms with Crippen LogP contribution in [0.5, 0.6) is 0 Å². The number of nitrogens with one attached hydrogen (secondary N) is 1. The number of rotatable bonds is 7. The number of benzene rings is 1. The monoisotopic (exact) mass is 277 g/mol. The highest BCUT2D eigenvalue weighted by molar-refractivity contribution is 7.99. The van der Waals surface area contributed by atoms with Crippen molar-refractivity contribution in [3.05, 3.63) is 29.8 Å². The van der Waals surface area contributed by atoms with Crippen LogP contribution >= 0.6 is 11.8 Å². The molecule has 0 bridgehead atoms. The van der Waals surface area contributed by atoms with Gasteiger partial charge in [-0.3, -0.25) is 0 Å². The Bertz CT molecular complexity index is 389. The van der Waals surface area contributed by atoms with Gasteiger partial charge in [0.25, 0.3) is 0 Å². The maximum absolute atomic E-state index is 3.62. The van der Waals surface area contributed by atoms with Crippen LogP contribution in [0, 0.1) is 5.92 Å². The van der Waals surface area contributed by atoms with Crippen LogP contribution in [0.15, 0.2) is 29.2 Å². The Morgan fingerprint density at radius 1 is 1.32 bits per heavy atom. The highest BCUT2D eigenvalue weighted by Crippen LogP contribution is 2.42. The lowest BCUT2D eigenvalue weighted by Crippen LogP contribution is -2.29. The van der Waals surface area contributed by atoms with E-state index in [2.05, 4.69) is 50.4 Å². The molecule has 1 aromatic rings. The van der Waals surface area contributed by atoms with Crippen molar-refractivity contribution in [3.63, 3.8) is 0 Å². The molecule has 0 saturated heterocycles. The Hall–Kier alpha value is -0.470. The van der Waals surface area contributed by atoms with Gasteiger partial charge in [-0.05, 0) is 42.9 Å². The third-order valence-electron chi connectivity index (χ3n) is 3.93. The van der Waals surface area contributed by atoms with E-state index in [9.17, 15) is 0 Å². The van der Waals surface area contributed by atoms with Gasteiger partial charge in [0.1, 0.15) is 0 Å². The molecule has 2 heteroatoms. The third kappa shape index (κ3) is 4.25. The van der Waals surface area contributed by atoms with Gasteiger partial charge in [0.05, 0.1) is 0 Å². The van der Waals surface area contributed by atoms with Crippen molar-refractivity contribution in [3.8, 4) is 0 Å². The highest BCUT2D eigenvalue weighted by Gasteiger charge is 2.25. The first-order valence-corrected chi connectivity index (χ1v) is 8.64. The highest BCUT2D eigenvalue weighted by atomic mass is 32.2. The molecule has 1 aliphatic rings. The summed E-state index contributed by atoms with van der Waals surface area (Å²) in [5.74, 6) is 2.87. The zero-order valence-electron chi connectivity index (χ0n) is 12.5. The molecule has 2 atom stereocenters. The first-order valence-electron chi connectivity index (χ1n) is 7.65. The van der Waals surface area contributed by atoms with Gasteiger partial charge in [-0.1, -0.05) is 45.4 Å². The Morgan fingerprint density at radius 2 is 2.11 bits per heavy atom. The van der Waals surface area contributed by atoms with E-state index in [0.717, 1.165) is 11.8 Å². The predicted molar refractivity (Wildman–Crippen MR) is 86.1 cm³/mol. The number of hydrogen-bond donors (Lipinski definition) is 1. The SMILES string of the molecule is CCCC(CNC(C)C)CC1CSc2ccccc21. The zero-order valence-corrected chi connectivity index (χ0v) is 13.3. The van der Waals surface area contributed by atoms with Crippen LogP contribution in [0.4, 0.5) is 0 Å². The molecule has 0 radical (unpaired) electrons. The maximum Gasteiger partial charge on any atom is 0.0107 e. The van der Waals surface area contributed by atoms with Gasteiger partial charge in [-0.25, -0.2) is 0 Å². The molecule has 1 heterocycles. The van der Waals surface area contributed by atoms with Crippen molar-refractivity contribution < 1.29 is 0 Å². The smallest absolute Gasteiger partial charge is 0.0107 e. The molecule has 0 aromatic heterocycles. The van der Waals surface area contributed by atoms with Crippen molar-refractivity contribution >= 4 is 11.8 Å². The topological polar surface area (TPSA) is 12.0 Å². The first-order chi connectivity index (χ1) is 9.20. The lowest BCUT2D eigenvalue weighted by molar-refractivity contribution is 0.378. The van der Waals surface area contributed by atoms with Crippen LogP contribution in [0.1, 0.15) is 51.5 Å². The zero-order chi connectivity index (χ0) is 13.7. The molecule has 2 rings (SSSR count). The van der Waals surface area contributed by atoms with Crippen molar-refractivity contribution in [2.45, 2.75) is 56.9 Å². The van der Waals surface area contributed by atoms with E-state index in [4.69, 9.17) is 0 Å². The second-order valence-corrected chi connectivity index (χ2v) is 7.06. The van der Waals surface area contributed by atoms with Gasteiger partial charge in [0, 0.05) is 16.7 Å². The summed E-state index contributed by atoms with van der Waals surface area (Å²) in [6.07, 6.45) is 3.99. The van der Waals surface area contributed by atoms with Crippen molar-refractivity contribution in [1.29, 1.82) is 0 Å². The van der Waals surface area contributed by atoms with Gasteiger partial charge < -0.3 is 5.32 Å². The minimum Gasteiger partial charge on any atom is -0.314 e. The molecule has 0 saturated carbocycles. The maximum atomic E-state index is 3.62. The number of fused-ring (bicyclic) bond motifs is 1. The Kier molecular flexibility index (Phi) is 5.77. The number of thioether (sulfide) groups is 1. The van der Waals surface area contributed by atoms with E-state index in [1.54, 1.807) is 5.56 Å². The van der Waals surface area contributed by atoms with Gasteiger partial charge in [-0.15, -0.1) is 11.8 Å². The summed E-state index contributed by atoms with van der Waals surface area (Å²) in [4.78, 5) is 1.51. The summed E-state index contributed by atoms with van der Waals surface area (Å²) in [5, 5.41) is 3.62. The molecular formula is C17H27NS. The molecule has 1 aliphatic heterocycles. The van der Waals surface area contributed by atoms with E-state index in [0.29, 0.717) is 6.04 Å².